The number of rotatable bonds is 5. The van der Waals surface area contributed by atoms with Gasteiger partial charge >= 0.3 is 12.3 Å². The number of nitrogens with zero attached hydrogens (tertiary/aromatic N) is 3. The zero-order valence-corrected chi connectivity index (χ0v) is 21.9. The van der Waals surface area contributed by atoms with Crippen LogP contribution < -0.4 is 10.6 Å². The maximum Gasteiger partial charge on any atom is 0.435 e. The summed E-state index contributed by atoms with van der Waals surface area (Å²) in [6.07, 6.45) is -5.04. The van der Waals surface area contributed by atoms with Gasteiger partial charge in [0.1, 0.15) is 17.1 Å². The molecule has 1 aromatic heterocycles. The molecule has 2 N–H and O–H groups in total. The van der Waals surface area contributed by atoms with Crippen LogP contribution in [-0.2, 0) is 30.4 Å². The van der Waals surface area contributed by atoms with Crippen molar-refractivity contribution in [3.8, 4) is 5.69 Å². The number of hydrogen-bond acceptors (Lipinski definition) is 5. The Kier molecular flexibility index (Phi) is 7.69. The van der Waals surface area contributed by atoms with E-state index in [2.05, 4.69) is 15.7 Å². The molecular formula is C27H29F4N5O3. The molecule has 0 saturated carbocycles. The van der Waals surface area contributed by atoms with Crippen molar-refractivity contribution in [2.45, 2.75) is 52.1 Å². The van der Waals surface area contributed by atoms with Crippen molar-refractivity contribution in [2.75, 3.05) is 18.9 Å². The molecule has 0 radical (unpaired) electrons. The summed E-state index contributed by atoms with van der Waals surface area (Å²) in [7, 11) is 1.92. The summed E-state index contributed by atoms with van der Waals surface area (Å²) < 4.78 is 61.9. The highest BCUT2D eigenvalue weighted by atomic mass is 19.4. The van der Waals surface area contributed by atoms with E-state index in [9.17, 15) is 22.8 Å². The number of aromatic nitrogens is 2. The SMILES string of the molecule is CN1CCc2c(ccc(NC(=O)c3cc(C(F)(F)F)nn3-c3cccc(CNC(=O)OC(C)(C)C)c3)c2F)C1. The summed E-state index contributed by atoms with van der Waals surface area (Å²) in [4.78, 5) is 27.2. The second kappa shape index (κ2) is 10.7. The van der Waals surface area contributed by atoms with Crippen molar-refractivity contribution >= 4 is 17.7 Å². The number of nitrogens with one attached hydrogen (secondary N) is 2. The van der Waals surface area contributed by atoms with E-state index in [1.54, 1.807) is 39.0 Å². The third-order valence-corrected chi connectivity index (χ3v) is 6.00. The average Bonchev–Trinajstić information content (AvgIpc) is 3.30. The first kappa shape index (κ1) is 28.1. The molecule has 2 aromatic carbocycles. The number of alkyl carbamates (subject to hydrolysis) is 1. The van der Waals surface area contributed by atoms with Crippen LogP contribution in [0.4, 0.5) is 28.0 Å². The number of carbonyl (C=O) groups is 2. The van der Waals surface area contributed by atoms with Crippen LogP contribution in [0.3, 0.4) is 0 Å². The predicted molar refractivity (Wildman–Crippen MR) is 136 cm³/mol. The summed E-state index contributed by atoms with van der Waals surface area (Å²) in [6, 6.07) is 9.87. The molecule has 0 spiro atoms. The smallest absolute Gasteiger partial charge is 0.435 e. The Morgan fingerprint density at radius 1 is 1.10 bits per heavy atom. The van der Waals surface area contributed by atoms with Gasteiger partial charge in [-0.3, -0.25) is 4.79 Å². The van der Waals surface area contributed by atoms with Gasteiger partial charge in [-0.25, -0.2) is 13.9 Å². The third kappa shape index (κ3) is 6.75. The van der Waals surface area contributed by atoms with Gasteiger partial charge in [0.25, 0.3) is 5.91 Å². The monoisotopic (exact) mass is 547 g/mol. The zero-order chi connectivity index (χ0) is 28.5. The van der Waals surface area contributed by atoms with E-state index in [4.69, 9.17) is 4.74 Å². The number of amides is 2. The number of likely N-dealkylation sites (N-methyl/N-ethyl adjacent to an activating group) is 1. The summed E-state index contributed by atoms with van der Waals surface area (Å²) in [5.41, 5.74) is -0.602. The topological polar surface area (TPSA) is 88.5 Å². The fourth-order valence-corrected chi connectivity index (χ4v) is 4.20. The normalized spacial score (nSPS) is 14.1. The first-order valence-electron chi connectivity index (χ1n) is 12.2. The van der Waals surface area contributed by atoms with Crippen molar-refractivity contribution in [2.24, 2.45) is 0 Å². The minimum absolute atomic E-state index is 0.0210. The Morgan fingerprint density at radius 2 is 1.85 bits per heavy atom. The molecule has 208 valence electrons. The number of carbonyl (C=O) groups excluding carboxylic acids is 2. The van der Waals surface area contributed by atoms with Crippen LogP contribution in [0.1, 0.15) is 53.6 Å². The van der Waals surface area contributed by atoms with Crippen LogP contribution in [0.15, 0.2) is 42.5 Å². The van der Waals surface area contributed by atoms with Gasteiger partial charge < -0.3 is 20.3 Å². The lowest BCUT2D eigenvalue weighted by atomic mass is 9.98. The molecule has 1 aliphatic rings. The molecule has 0 saturated heterocycles. The van der Waals surface area contributed by atoms with Crippen LogP contribution >= 0.6 is 0 Å². The van der Waals surface area contributed by atoms with Gasteiger partial charge in [-0.05, 0) is 69.1 Å². The molecule has 0 unspecified atom stereocenters. The van der Waals surface area contributed by atoms with Gasteiger partial charge in [0.2, 0.25) is 0 Å². The minimum Gasteiger partial charge on any atom is -0.444 e. The van der Waals surface area contributed by atoms with Gasteiger partial charge in [0, 0.05) is 25.7 Å². The highest BCUT2D eigenvalue weighted by Gasteiger charge is 2.36. The summed E-state index contributed by atoms with van der Waals surface area (Å²) in [5, 5.41) is 8.60. The molecule has 0 aliphatic carbocycles. The molecule has 0 bridgehead atoms. The van der Waals surface area contributed by atoms with Gasteiger partial charge in [-0.1, -0.05) is 18.2 Å². The molecule has 4 rings (SSSR count). The Bertz CT molecular complexity index is 1400. The van der Waals surface area contributed by atoms with Crippen LogP contribution in [0.5, 0.6) is 0 Å². The van der Waals surface area contributed by atoms with E-state index in [0.29, 0.717) is 36.7 Å². The van der Waals surface area contributed by atoms with Crippen LogP contribution in [-0.4, -0.2) is 45.9 Å². The Labute approximate surface area is 222 Å². The molecule has 2 heterocycles. The Morgan fingerprint density at radius 3 is 2.54 bits per heavy atom. The molecule has 0 atom stereocenters. The van der Waals surface area contributed by atoms with Crippen molar-refractivity contribution in [1.29, 1.82) is 0 Å². The summed E-state index contributed by atoms with van der Waals surface area (Å²) >= 11 is 0. The minimum atomic E-state index is -4.82. The molecule has 39 heavy (non-hydrogen) atoms. The molecular weight excluding hydrogens is 518 g/mol. The molecule has 12 heteroatoms. The first-order valence-corrected chi connectivity index (χ1v) is 12.2. The van der Waals surface area contributed by atoms with E-state index < -0.39 is 41.0 Å². The van der Waals surface area contributed by atoms with Crippen molar-refractivity contribution in [1.82, 2.24) is 20.0 Å². The van der Waals surface area contributed by atoms with Gasteiger partial charge in [0.05, 0.1) is 11.4 Å². The highest BCUT2D eigenvalue weighted by Crippen LogP contribution is 2.31. The number of alkyl halides is 3. The first-order chi connectivity index (χ1) is 18.2. The lowest BCUT2D eigenvalue weighted by molar-refractivity contribution is -0.141. The zero-order valence-electron chi connectivity index (χ0n) is 21.9. The lowest BCUT2D eigenvalue weighted by Gasteiger charge is -2.26. The van der Waals surface area contributed by atoms with Crippen LogP contribution in [0, 0.1) is 5.82 Å². The molecule has 0 fully saturated rings. The van der Waals surface area contributed by atoms with Gasteiger partial charge in [0.15, 0.2) is 5.69 Å². The number of anilines is 1. The summed E-state index contributed by atoms with van der Waals surface area (Å²) in [5.74, 6) is -1.56. The predicted octanol–water partition coefficient (Wildman–Crippen LogP) is 5.30. The second-order valence-electron chi connectivity index (χ2n) is 10.4. The standard InChI is InChI=1S/C27H29F4N5O3/c1-26(2,3)39-25(38)32-14-16-6-5-7-18(12-16)36-21(13-22(34-36)27(29,30)31)24(37)33-20-9-8-17-15-35(4)11-10-19(17)23(20)28/h5-9,12-13H,10-11,14-15H2,1-4H3,(H,32,38)(H,33,37). The number of halogens is 4. The summed E-state index contributed by atoms with van der Waals surface area (Å²) in [6.45, 7) is 6.36. The lowest BCUT2D eigenvalue weighted by Crippen LogP contribution is -2.32. The van der Waals surface area contributed by atoms with Crippen LogP contribution in [0.2, 0.25) is 0 Å². The Balaban J connectivity index is 1.62. The van der Waals surface area contributed by atoms with Crippen molar-refractivity contribution < 1.29 is 31.9 Å². The third-order valence-electron chi connectivity index (χ3n) is 6.00. The quantitative estimate of drug-likeness (QED) is 0.424. The number of hydrogen-bond donors (Lipinski definition) is 2. The largest absolute Gasteiger partial charge is 0.444 e. The molecule has 1 aliphatic heterocycles. The second-order valence-corrected chi connectivity index (χ2v) is 10.4. The Hall–Kier alpha value is -3.93. The number of benzene rings is 2. The van der Waals surface area contributed by atoms with Gasteiger partial charge in [-0.2, -0.15) is 18.3 Å². The molecule has 2 amide bonds. The highest BCUT2D eigenvalue weighted by molar-refractivity contribution is 6.03. The number of ether oxygens (including phenoxy) is 1. The van der Waals surface area contributed by atoms with Crippen LogP contribution in [0.25, 0.3) is 5.69 Å². The molecule has 8 nitrogen and oxygen atoms in total. The molecule has 3 aromatic rings. The van der Waals surface area contributed by atoms with E-state index in [1.165, 1.54) is 18.2 Å². The maximum absolute atomic E-state index is 15.2. The van der Waals surface area contributed by atoms with E-state index in [0.717, 1.165) is 10.2 Å². The fraction of sp³-hybridized carbons (Fsp3) is 0.370. The average molecular weight is 548 g/mol. The maximum atomic E-state index is 15.2. The van der Waals surface area contributed by atoms with Crippen molar-refractivity contribution in [3.05, 3.63) is 76.4 Å². The fourth-order valence-electron chi connectivity index (χ4n) is 4.20. The van der Waals surface area contributed by atoms with E-state index in [1.807, 2.05) is 11.9 Å². The van der Waals surface area contributed by atoms with E-state index >= 15 is 4.39 Å². The number of fused-ring (bicyclic) bond motifs is 1. The van der Waals surface area contributed by atoms with Gasteiger partial charge in [-0.15, -0.1) is 0 Å². The van der Waals surface area contributed by atoms with Crippen molar-refractivity contribution in [3.63, 3.8) is 0 Å². The van der Waals surface area contributed by atoms with E-state index in [-0.39, 0.29) is 17.9 Å².